The lowest BCUT2D eigenvalue weighted by molar-refractivity contribution is 0.673. The molecule has 4 heterocycles. The molecule has 5 aromatic carbocycles. The fraction of sp³-hybridized carbons (Fsp3) is 0. The van der Waals surface area contributed by atoms with Gasteiger partial charge in [-0.1, -0.05) is 72.8 Å². The topological polar surface area (TPSA) is 56.7 Å². The molecule has 0 aliphatic carbocycles. The number of furan rings is 1. The predicted molar refractivity (Wildman–Crippen MR) is 168 cm³/mol. The molecule has 0 radical (unpaired) electrons. The Labute approximate surface area is 238 Å². The molecule has 4 aromatic heterocycles. The molecule has 0 spiro atoms. The monoisotopic (exact) mass is 544 g/mol. The van der Waals surface area contributed by atoms with Gasteiger partial charge in [-0.3, -0.25) is 4.57 Å². The van der Waals surface area contributed by atoms with Gasteiger partial charge in [0, 0.05) is 33.5 Å². The van der Waals surface area contributed by atoms with E-state index >= 15 is 0 Å². The van der Waals surface area contributed by atoms with Crippen molar-refractivity contribution in [2.24, 2.45) is 0 Å². The Hall–Kier alpha value is -5.33. The highest BCUT2D eigenvalue weighted by Gasteiger charge is 2.19. The molecule has 0 fully saturated rings. The summed E-state index contributed by atoms with van der Waals surface area (Å²) in [6.45, 7) is 0. The zero-order chi connectivity index (χ0) is 26.9. The molecule has 0 saturated heterocycles. The van der Waals surface area contributed by atoms with Crippen molar-refractivity contribution < 1.29 is 4.42 Å². The molecule has 0 saturated carbocycles. The minimum Gasteiger partial charge on any atom is -0.455 e. The van der Waals surface area contributed by atoms with E-state index in [-0.39, 0.29) is 0 Å². The molecule has 0 unspecified atom stereocenters. The number of rotatable bonds is 3. The summed E-state index contributed by atoms with van der Waals surface area (Å²) in [5, 5.41) is 5.43. The van der Waals surface area contributed by atoms with Crippen LogP contribution in [0.3, 0.4) is 0 Å². The molecule has 0 aliphatic heterocycles. The van der Waals surface area contributed by atoms with Crippen LogP contribution in [0.25, 0.3) is 81.7 Å². The first-order valence-corrected chi connectivity index (χ1v) is 14.3. The number of fused-ring (bicyclic) bond motifs is 8. The Morgan fingerprint density at radius 3 is 2.29 bits per heavy atom. The van der Waals surface area contributed by atoms with Crippen molar-refractivity contribution in [3.05, 3.63) is 121 Å². The lowest BCUT2D eigenvalue weighted by atomic mass is 10.1. The first-order valence-electron chi connectivity index (χ1n) is 13.4. The van der Waals surface area contributed by atoms with Gasteiger partial charge in [0.1, 0.15) is 16.2 Å². The van der Waals surface area contributed by atoms with Gasteiger partial charge in [-0.15, -0.1) is 11.3 Å². The molecule has 0 aliphatic rings. The molecule has 5 nitrogen and oxygen atoms in total. The Kier molecular flexibility index (Phi) is 4.71. The number of aromatic nitrogens is 4. The third-order valence-corrected chi connectivity index (χ3v) is 8.83. The molecule has 0 amide bonds. The fourth-order valence-corrected chi connectivity index (χ4v) is 6.82. The van der Waals surface area contributed by atoms with Crippen LogP contribution in [-0.4, -0.2) is 19.5 Å². The van der Waals surface area contributed by atoms with Crippen LogP contribution < -0.4 is 0 Å². The van der Waals surface area contributed by atoms with Crippen molar-refractivity contribution in [2.75, 3.05) is 0 Å². The Balaban J connectivity index is 1.19. The summed E-state index contributed by atoms with van der Waals surface area (Å²) in [7, 11) is 0. The highest BCUT2D eigenvalue weighted by molar-refractivity contribution is 7.21. The maximum atomic E-state index is 6.42. The molecular formula is C35H20N4OS. The van der Waals surface area contributed by atoms with Gasteiger partial charge < -0.3 is 4.42 Å². The van der Waals surface area contributed by atoms with Crippen LogP contribution in [0.2, 0.25) is 0 Å². The second-order valence-electron chi connectivity index (χ2n) is 10.1. The van der Waals surface area contributed by atoms with Crippen molar-refractivity contribution in [1.82, 2.24) is 19.5 Å². The van der Waals surface area contributed by atoms with E-state index in [4.69, 9.17) is 19.4 Å². The molecule has 9 aromatic rings. The third-order valence-electron chi connectivity index (χ3n) is 7.74. The van der Waals surface area contributed by atoms with Crippen LogP contribution in [-0.2, 0) is 0 Å². The summed E-state index contributed by atoms with van der Waals surface area (Å²) in [5.74, 6) is 0.624. The van der Waals surface area contributed by atoms with Crippen LogP contribution >= 0.6 is 11.3 Å². The second kappa shape index (κ2) is 8.58. The van der Waals surface area contributed by atoms with Crippen LogP contribution in [0.4, 0.5) is 0 Å². The minimum atomic E-state index is 0.624. The Morgan fingerprint density at radius 1 is 0.610 bits per heavy atom. The highest BCUT2D eigenvalue weighted by atomic mass is 32.1. The molecule has 6 heteroatoms. The number of thiazole rings is 1. The number of benzene rings is 5. The molecular weight excluding hydrogens is 524 g/mol. The average molecular weight is 545 g/mol. The normalized spacial score (nSPS) is 11.9. The van der Waals surface area contributed by atoms with Crippen LogP contribution in [0, 0.1) is 0 Å². The van der Waals surface area contributed by atoms with E-state index in [9.17, 15) is 0 Å². The number of para-hydroxylation sites is 3. The van der Waals surface area contributed by atoms with E-state index < -0.39 is 0 Å². The molecule has 0 atom stereocenters. The number of hydrogen-bond donors (Lipinski definition) is 0. The van der Waals surface area contributed by atoms with Gasteiger partial charge in [-0.2, -0.15) is 0 Å². The average Bonchev–Trinajstić information content (AvgIpc) is 3.73. The van der Waals surface area contributed by atoms with Crippen molar-refractivity contribution in [3.63, 3.8) is 0 Å². The van der Waals surface area contributed by atoms with Crippen LogP contribution in [0.15, 0.2) is 126 Å². The van der Waals surface area contributed by atoms with Gasteiger partial charge in [0.15, 0.2) is 0 Å². The maximum absolute atomic E-state index is 6.42. The summed E-state index contributed by atoms with van der Waals surface area (Å²) >= 11 is 1.71. The van der Waals surface area contributed by atoms with Gasteiger partial charge in [0.2, 0.25) is 5.95 Å². The first kappa shape index (κ1) is 22.5. The number of nitrogens with zero attached hydrogens (tertiary/aromatic N) is 4. The minimum absolute atomic E-state index is 0.624. The van der Waals surface area contributed by atoms with Gasteiger partial charge in [-0.05, 0) is 42.5 Å². The molecule has 0 bridgehead atoms. The van der Waals surface area contributed by atoms with Crippen molar-refractivity contribution in [1.29, 1.82) is 0 Å². The van der Waals surface area contributed by atoms with Crippen molar-refractivity contribution in [3.8, 4) is 27.8 Å². The van der Waals surface area contributed by atoms with E-state index in [0.717, 1.165) is 71.1 Å². The molecule has 41 heavy (non-hydrogen) atoms. The third kappa shape index (κ3) is 3.38. The van der Waals surface area contributed by atoms with Gasteiger partial charge in [0.25, 0.3) is 0 Å². The zero-order valence-electron chi connectivity index (χ0n) is 21.7. The zero-order valence-corrected chi connectivity index (χ0v) is 22.5. The molecule has 192 valence electrons. The van der Waals surface area contributed by atoms with Gasteiger partial charge in [0.05, 0.1) is 32.3 Å². The number of hydrogen-bond acceptors (Lipinski definition) is 5. The highest BCUT2D eigenvalue weighted by Crippen LogP contribution is 2.40. The Bertz CT molecular complexity index is 2400. The standard InChI is InChI=1S/C35H20N4OS/c1-4-10-28-25(8-1)32-29(18-17-24-23-7-2-5-11-30(23)40-33(24)32)39(28)35-36-20-19-26(38-35)21-13-15-22(16-14-21)34-37-27-9-3-6-12-31(27)41-34/h1-20H. The quantitative estimate of drug-likeness (QED) is 0.222. The second-order valence-corrected chi connectivity index (χ2v) is 11.1. The lowest BCUT2D eigenvalue weighted by Crippen LogP contribution is -2.01. The SMILES string of the molecule is c1ccc2sc(-c3ccc(-c4ccnc(-n5c6ccccc6c6c7oc8ccccc8c7ccc65)n4)cc3)nc2c1. The summed E-state index contributed by atoms with van der Waals surface area (Å²) in [5.41, 5.74) is 7.85. The van der Waals surface area contributed by atoms with E-state index in [1.807, 2.05) is 30.5 Å². The van der Waals surface area contributed by atoms with Crippen molar-refractivity contribution in [2.45, 2.75) is 0 Å². The predicted octanol–water partition coefficient (Wildman–Crippen LogP) is 9.42. The first-order chi connectivity index (χ1) is 20.3. The maximum Gasteiger partial charge on any atom is 0.235 e. The summed E-state index contributed by atoms with van der Waals surface area (Å²) in [6, 6.07) is 39.5. The smallest absolute Gasteiger partial charge is 0.235 e. The summed E-state index contributed by atoms with van der Waals surface area (Å²) in [6.07, 6.45) is 1.83. The largest absolute Gasteiger partial charge is 0.455 e. The summed E-state index contributed by atoms with van der Waals surface area (Å²) < 4.78 is 9.75. The van der Waals surface area contributed by atoms with E-state index in [0.29, 0.717) is 5.95 Å². The van der Waals surface area contributed by atoms with Gasteiger partial charge in [-0.25, -0.2) is 15.0 Å². The van der Waals surface area contributed by atoms with Crippen LogP contribution in [0.5, 0.6) is 0 Å². The lowest BCUT2D eigenvalue weighted by Gasteiger charge is -2.08. The van der Waals surface area contributed by atoms with E-state index in [1.165, 1.54) is 4.70 Å². The van der Waals surface area contributed by atoms with Crippen LogP contribution in [0.1, 0.15) is 0 Å². The van der Waals surface area contributed by atoms with E-state index in [2.05, 4.69) is 95.6 Å². The molecule has 0 N–H and O–H groups in total. The van der Waals surface area contributed by atoms with Gasteiger partial charge >= 0.3 is 0 Å². The molecule has 9 rings (SSSR count). The van der Waals surface area contributed by atoms with E-state index in [1.54, 1.807) is 11.3 Å². The summed E-state index contributed by atoms with van der Waals surface area (Å²) in [4.78, 5) is 14.6. The Morgan fingerprint density at radius 2 is 1.39 bits per heavy atom. The fourth-order valence-electron chi connectivity index (χ4n) is 5.85. The van der Waals surface area contributed by atoms with Crippen molar-refractivity contribution >= 4 is 65.3 Å².